The first kappa shape index (κ1) is 27.4. The number of hydrogen-bond acceptors (Lipinski definition) is 4. The van der Waals surface area contributed by atoms with Crippen LogP contribution in [0.1, 0.15) is 35.1 Å². The van der Waals surface area contributed by atoms with Crippen LogP contribution >= 0.6 is 0 Å². The van der Waals surface area contributed by atoms with Crippen molar-refractivity contribution in [3.63, 3.8) is 0 Å². The van der Waals surface area contributed by atoms with Crippen molar-refractivity contribution in [1.29, 1.82) is 0 Å². The Morgan fingerprint density at radius 1 is 0.617 bits per heavy atom. The van der Waals surface area contributed by atoms with Gasteiger partial charge in [-0.15, -0.1) is 0 Å². The molecule has 0 saturated carbocycles. The summed E-state index contributed by atoms with van der Waals surface area (Å²) in [5, 5.41) is 1.16. The lowest BCUT2D eigenvalue weighted by molar-refractivity contribution is 0.511. The van der Waals surface area contributed by atoms with Gasteiger partial charge in [0.25, 0.3) is 0 Å². The van der Waals surface area contributed by atoms with Crippen LogP contribution in [0.25, 0.3) is 44.9 Å². The fourth-order valence-electron chi connectivity index (χ4n) is 7.27. The standard InChI is InChI=1S/C43H31N3O/c1-4-14-28(15-5-1)34-24-25-35(39-36-22-12-13-23-38(36)47-40(34)39)37-27-32(26-31-20-10-11-21-33(31)37)43-45-41(29-16-6-2-7-17-29)44-42(46-43)30-18-8-3-9-19-30/h1-23,25-27,33-34,37H,24H2. The molecule has 4 heteroatoms. The SMILES string of the molecule is C1=CC2=CC(c3nc(-c4ccccc4)nc(-c4ccccc4)n3)=CC(C3=CCC(c4ccccc4)c4oc5ccccc5c43)C2C=C1. The number of aromatic nitrogens is 3. The highest BCUT2D eigenvalue weighted by atomic mass is 16.3. The Hall–Kier alpha value is -5.87. The van der Waals surface area contributed by atoms with E-state index in [0.29, 0.717) is 17.5 Å². The third-order valence-corrected chi connectivity index (χ3v) is 9.49. The molecule has 2 aromatic heterocycles. The lowest BCUT2D eigenvalue weighted by Gasteiger charge is -2.34. The van der Waals surface area contributed by atoms with Crippen LogP contribution in [0.2, 0.25) is 0 Å². The largest absolute Gasteiger partial charge is 0.460 e. The molecular formula is C43H31N3O. The lowest BCUT2D eigenvalue weighted by Crippen LogP contribution is -2.22. The number of fused-ring (bicyclic) bond motifs is 4. The Kier molecular flexibility index (Phi) is 6.71. The zero-order chi connectivity index (χ0) is 31.2. The second kappa shape index (κ2) is 11.5. The molecular weight excluding hydrogens is 574 g/mol. The zero-order valence-electron chi connectivity index (χ0n) is 25.7. The molecule has 0 amide bonds. The van der Waals surface area contributed by atoms with Gasteiger partial charge >= 0.3 is 0 Å². The number of rotatable bonds is 5. The van der Waals surface area contributed by atoms with Gasteiger partial charge in [0.15, 0.2) is 17.5 Å². The molecule has 224 valence electrons. The van der Waals surface area contributed by atoms with Gasteiger partial charge in [0, 0.05) is 45.4 Å². The quantitative estimate of drug-likeness (QED) is 0.196. The summed E-state index contributed by atoms with van der Waals surface area (Å²) in [6.45, 7) is 0. The fourth-order valence-corrected chi connectivity index (χ4v) is 7.27. The third-order valence-electron chi connectivity index (χ3n) is 9.49. The van der Waals surface area contributed by atoms with Gasteiger partial charge in [-0.25, -0.2) is 15.0 Å². The summed E-state index contributed by atoms with van der Waals surface area (Å²) in [6.07, 6.45) is 16.8. The molecule has 0 N–H and O–H groups in total. The van der Waals surface area contributed by atoms with Gasteiger partial charge in [-0.2, -0.15) is 0 Å². The van der Waals surface area contributed by atoms with E-state index in [4.69, 9.17) is 19.4 Å². The summed E-state index contributed by atoms with van der Waals surface area (Å²) < 4.78 is 6.71. The monoisotopic (exact) mass is 605 g/mol. The number of allylic oxidation sites excluding steroid dienone is 10. The summed E-state index contributed by atoms with van der Waals surface area (Å²) in [6, 6.07) is 39.5. The maximum absolute atomic E-state index is 6.71. The van der Waals surface area contributed by atoms with Crippen molar-refractivity contribution < 1.29 is 4.42 Å². The zero-order valence-corrected chi connectivity index (χ0v) is 25.7. The van der Waals surface area contributed by atoms with Crippen LogP contribution in [0.5, 0.6) is 0 Å². The molecule has 6 aromatic rings. The summed E-state index contributed by atoms with van der Waals surface area (Å²) in [5.41, 5.74) is 8.89. The number of benzene rings is 4. The molecule has 0 saturated heterocycles. The molecule has 0 aliphatic heterocycles. The molecule has 4 aromatic carbocycles. The van der Waals surface area contributed by atoms with Crippen molar-refractivity contribution in [1.82, 2.24) is 15.0 Å². The minimum atomic E-state index is 0.0693. The predicted octanol–water partition coefficient (Wildman–Crippen LogP) is 10.3. The molecule has 3 unspecified atom stereocenters. The van der Waals surface area contributed by atoms with Gasteiger partial charge < -0.3 is 4.42 Å². The van der Waals surface area contributed by atoms with E-state index in [1.54, 1.807) is 0 Å². The third kappa shape index (κ3) is 4.90. The van der Waals surface area contributed by atoms with Gasteiger partial charge in [0.2, 0.25) is 0 Å². The first-order valence-corrected chi connectivity index (χ1v) is 16.2. The number of hydrogen-bond donors (Lipinski definition) is 0. The molecule has 4 nitrogen and oxygen atoms in total. The van der Waals surface area contributed by atoms with Crippen molar-refractivity contribution in [2.45, 2.75) is 12.3 Å². The van der Waals surface area contributed by atoms with Gasteiger partial charge in [-0.05, 0) is 35.3 Å². The molecule has 0 fully saturated rings. The van der Waals surface area contributed by atoms with Crippen LogP contribution in [-0.2, 0) is 0 Å². The smallest absolute Gasteiger partial charge is 0.164 e. The van der Waals surface area contributed by atoms with E-state index >= 15 is 0 Å². The summed E-state index contributed by atoms with van der Waals surface area (Å²) >= 11 is 0. The predicted molar refractivity (Wildman–Crippen MR) is 189 cm³/mol. The molecule has 47 heavy (non-hydrogen) atoms. The average molecular weight is 606 g/mol. The Labute approximate surface area is 273 Å². The Morgan fingerprint density at radius 2 is 1.26 bits per heavy atom. The van der Waals surface area contributed by atoms with Crippen molar-refractivity contribution in [3.8, 4) is 22.8 Å². The van der Waals surface area contributed by atoms with Crippen molar-refractivity contribution in [3.05, 3.63) is 186 Å². The summed E-state index contributed by atoms with van der Waals surface area (Å²) in [7, 11) is 0. The maximum Gasteiger partial charge on any atom is 0.164 e. The second-order valence-corrected chi connectivity index (χ2v) is 12.3. The van der Waals surface area contributed by atoms with Crippen LogP contribution in [0.3, 0.4) is 0 Å². The Balaban J connectivity index is 1.22. The maximum atomic E-state index is 6.71. The normalized spacial score (nSPS) is 19.8. The molecule has 0 spiro atoms. The lowest BCUT2D eigenvalue weighted by atomic mass is 9.69. The van der Waals surface area contributed by atoms with Crippen LogP contribution < -0.4 is 0 Å². The summed E-state index contributed by atoms with van der Waals surface area (Å²) in [5.74, 6) is 3.47. The fraction of sp³-hybridized carbons (Fsp3) is 0.0930. The van der Waals surface area contributed by atoms with Crippen LogP contribution in [0.4, 0.5) is 0 Å². The van der Waals surface area contributed by atoms with Crippen molar-refractivity contribution >= 4 is 22.1 Å². The average Bonchev–Trinajstić information content (AvgIpc) is 3.55. The summed E-state index contributed by atoms with van der Waals surface area (Å²) in [4.78, 5) is 15.1. The number of nitrogens with zero attached hydrogens (tertiary/aromatic N) is 3. The molecule has 2 heterocycles. The van der Waals surface area contributed by atoms with E-state index in [9.17, 15) is 0 Å². The van der Waals surface area contributed by atoms with Gasteiger partial charge in [-0.3, -0.25) is 0 Å². The van der Waals surface area contributed by atoms with E-state index in [2.05, 4.69) is 121 Å². The minimum absolute atomic E-state index is 0.0693. The van der Waals surface area contributed by atoms with E-state index in [1.807, 2.05) is 36.4 Å². The van der Waals surface area contributed by atoms with Crippen LogP contribution in [-0.4, -0.2) is 15.0 Å². The van der Waals surface area contributed by atoms with Crippen molar-refractivity contribution in [2.75, 3.05) is 0 Å². The Morgan fingerprint density at radius 3 is 1.98 bits per heavy atom. The van der Waals surface area contributed by atoms with E-state index in [-0.39, 0.29) is 17.8 Å². The Bertz CT molecular complexity index is 2220. The van der Waals surface area contributed by atoms with Gasteiger partial charge in [-0.1, -0.05) is 146 Å². The topological polar surface area (TPSA) is 51.8 Å². The molecule has 3 atom stereocenters. The highest BCUT2D eigenvalue weighted by Crippen LogP contribution is 2.51. The highest BCUT2D eigenvalue weighted by molar-refractivity contribution is 5.96. The number of para-hydroxylation sites is 1. The van der Waals surface area contributed by atoms with E-state index in [1.165, 1.54) is 22.3 Å². The van der Waals surface area contributed by atoms with E-state index < -0.39 is 0 Å². The minimum Gasteiger partial charge on any atom is -0.460 e. The number of furan rings is 1. The highest BCUT2D eigenvalue weighted by Gasteiger charge is 2.36. The van der Waals surface area contributed by atoms with Crippen LogP contribution in [0, 0.1) is 11.8 Å². The van der Waals surface area contributed by atoms with E-state index in [0.717, 1.165) is 39.9 Å². The van der Waals surface area contributed by atoms with Gasteiger partial charge in [0.05, 0.1) is 0 Å². The van der Waals surface area contributed by atoms with Crippen molar-refractivity contribution in [2.24, 2.45) is 11.8 Å². The molecule has 9 rings (SSSR count). The molecule has 0 bridgehead atoms. The first-order valence-electron chi connectivity index (χ1n) is 16.2. The van der Waals surface area contributed by atoms with Gasteiger partial charge in [0.1, 0.15) is 11.3 Å². The first-order chi connectivity index (χ1) is 23.3. The molecule has 3 aliphatic carbocycles. The second-order valence-electron chi connectivity index (χ2n) is 12.3. The molecule has 3 aliphatic rings. The van der Waals surface area contributed by atoms with Crippen LogP contribution in [0.15, 0.2) is 168 Å². The molecule has 0 radical (unpaired) electrons.